The summed E-state index contributed by atoms with van der Waals surface area (Å²) < 4.78 is 0. The van der Waals surface area contributed by atoms with Gasteiger partial charge in [-0.05, 0) is 6.42 Å². The van der Waals surface area contributed by atoms with Crippen molar-refractivity contribution in [3.05, 3.63) is 0 Å². The van der Waals surface area contributed by atoms with Gasteiger partial charge in [0.1, 0.15) is 0 Å². The van der Waals surface area contributed by atoms with Gasteiger partial charge < -0.3 is 0 Å². The van der Waals surface area contributed by atoms with Crippen LogP contribution in [0.15, 0.2) is 0 Å². The number of rotatable bonds is 6. The molecular formula is C7H16S2. The third-order valence-electron chi connectivity index (χ3n) is 1.03. The summed E-state index contributed by atoms with van der Waals surface area (Å²) in [4.78, 5) is 0. The number of hydrogen-bond acceptors (Lipinski definition) is 2. The van der Waals surface area contributed by atoms with Crippen molar-refractivity contribution in [1.29, 1.82) is 0 Å². The highest BCUT2D eigenvalue weighted by Crippen LogP contribution is 2.21. The zero-order valence-corrected chi connectivity index (χ0v) is 7.99. The van der Waals surface area contributed by atoms with Gasteiger partial charge in [-0.25, -0.2) is 0 Å². The Morgan fingerprint density at radius 2 is 1.78 bits per heavy atom. The first-order chi connectivity index (χ1) is 4.41. The highest BCUT2D eigenvalue weighted by Gasteiger charge is 1.86. The van der Waals surface area contributed by atoms with Crippen molar-refractivity contribution >= 4 is 21.6 Å². The van der Waals surface area contributed by atoms with Gasteiger partial charge in [0.05, 0.1) is 0 Å². The summed E-state index contributed by atoms with van der Waals surface area (Å²) in [6.07, 6.45) is 4.14. The Kier molecular flexibility index (Phi) is 9.38. The monoisotopic (exact) mass is 164 g/mol. The molecule has 0 fully saturated rings. The first-order valence-electron chi connectivity index (χ1n) is 3.66. The van der Waals surface area contributed by atoms with Crippen molar-refractivity contribution in [2.24, 2.45) is 0 Å². The zero-order chi connectivity index (χ0) is 6.95. The van der Waals surface area contributed by atoms with E-state index in [0.717, 1.165) is 0 Å². The molecule has 0 amide bonds. The molecule has 0 spiro atoms. The Morgan fingerprint density at radius 1 is 1.00 bits per heavy atom. The molecule has 0 aliphatic rings. The van der Waals surface area contributed by atoms with Gasteiger partial charge in [0.2, 0.25) is 0 Å². The molecule has 0 saturated carbocycles. The van der Waals surface area contributed by atoms with Crippen LogP contribution in [0.3, 0.4) is 0 Å². The topological polar surface area (TPSA) is 0 Å². The Hall–Kier alpha value is 0.700. The van der Waals surface area contributed by atoms with Gasteiger partial charge in [-0.1, -0.05) is 48.3 Å². The van der Waals surface area contributed by atoms with Gasteiger partial charge in [0.15, 0.2) is 0 Å². The lowest BCUT2D eigenvalue weighted by atomic mass is 10.3. The van der Waals surface area contributed by atoms with Gasteiger partial charge >= 0.3 is 0 Å². The lowest BCUT2D eigenvalue weighted by Gasteiger charge is -1.95. The first kappa shape index (κ1) is 9.70. The van der Waals surface area contributed by atoms with Crippen LogP contribution in [-0.2, 0) is 0 Å². The van der Waals surface area contributed by atoms with Crippen molar-refractivity contribution in [2.75, 3.05) is 11.5 Å². The van der Waals surface area contributed by atoms with Crippen molar-refractivity contribution in [3.63, 3.8) is 0 Å². The van der Waals surface area contributed by atoms with Gasteiger partial charge in [-0.3, -0.25) is 0 Å². The highest BCUT2D eigenvalue weighted by molar-refractivity contribution is 8.76. The lowest BCUT2D eigenvalue weighted by molar-refractivity contribution is 0.780. The van der Waals surface area contributed by atoms with E-state index in [1.807, 2.05) is 21.6 Å². The molecule has 0 nitrogen and oxygen atoms in total. The summed E-state index contributed by atoms with van der Waals surface area (Å²) in [7, 11) is 3.99. The lowest BCUT2D eigenvalue weighted by Crippen LogP contribution is -1.75. The van der Waals surface area contributed by atoms with Gasteiger partial charge in [-0.15, -0.1) is 0 Å². The first-order valence-corrected chi connectivity index (χ1v) is 6.15. The molecule has 0 unspecified atom stereocenters. The van der Waals surface area contributed by atoms with E-state index in [1.54, 1.807) is 0 Å². The smallest absolute Gasteiger partial charge is 0.00369 e. The van der Waals surface area contributed by atoms with E-state index in [9.17, 15) is 0 Å². The van der Waals surface area contributed by atoms with E-state index in [0.29, 0.717) is 0 Å². The van der Waals surface area contributed by atoms with Crippen LogP contribution in [-0.4, -0.2) is 11.5 Å². The molecule has 0 rings (SSSR count). The van der Waals surface area contributed by atoms with Crippen LogP contribution >= 0.6 is 21.6 Å². The van der Waals surface area contributed by atoms with Crippen molar-refractivity contribution < 1.29 is 0 Å². The van der Waals surface area contributed by atoms with Crippen LogP contribution in [0.4, 0.5) is 0 Å². The van der Waals surface area contributed by atoms with E-state index in [1.165, 1.54) is 30.8 Å². The van der Waals surface area contributed by atoms with Crippen LogP contribution in [0.25, 0.3) is 0 Å². The van der Waals surface area contributed by atoms with Crippen LogP contribution in [0.1, 0.15) is 33.1 Å². The fourth-order valence-electron chi connectivity index (χ4n) is 0.553. The molecule has 0 radical (unpaired) electrons. The second-order valence-electron chi connectivity index (χ2n) is 1.94. The third-order valence-corrected chi connectivity index (χ3v) is 3.60. The van der Waals surface area contributed by atoms with Gasteiger partial charge in [0.25, 0.3) is 0 Å². The molecule has 0 aromatic heterocycles. The summed E-state index contributed by atoms with van der Waals surface area (Å²) in [6, 6.07) is 0. The standard InChI is InChI=1S/C7H16S2/c1-3-5-6-7-9-8-4-2/h3-7H2,1-2H3. The third kappa shape index (κ3) is 8.70. The molecule has 56 valence electrons. The van der Waals surface area contributed by atoms with E-state index in [-0.39, 0.29) is 0 Å². The second kappa shape index (κ2) is 8.70. The molecule has 0 bridgehead atoms. The summed E-state index contributed by atoms with van der Waals surface area (Å²) >= 11 is 0. The largest absolute Gasteiger partial charge is 0.0944 e. The molecule has 0 heterocycles. The van der Waals surface area contributed by atoms with Crippen LogP contribution in [0.5, 0.6) is 0 Å². The summed E-state index contributed by atoms with van der Waals surface area (Å²) in [5.41, 5.74) is 0. The predicted octanol–water partition coefficient (Wildman–Crippen LogP) is 3.58. The fourth-order valence-corrected chi connectivity index (χ4v) is 2.37. The van der Waals surface area contributed by atoms with Gasteiger partial charge in [0, 0.05) is 11.5 Å². The van der Waals surface area contributed by atoms with Crippen molar-refractivity contribution in [2.45, 2.75) is 33.1 Å². The molecule has 0 aliphatic heterocycles. The maximum atomic E-state index is 2.25. The second-order valence-corrected chi connectivity index (χ2v) is 4.81. The zero-order valence-electron chi connectivity index (χ0n) is 6.35. The normalized spacial score (nSPS) is 10.0. The number of hydrogen-bond donors (Lipinski definition) is 0. The molecule has 0 N–H and O–H groups in total. The highest BCUT2D eigenvalue weighted by atomic mass is 33.1. The molecular weight excluding hydrogens is 148 g/mol. The minimum atomic E-state index is 1.25. The Bertz CT molecular complexity index is 40.2. The molecule has 9 heavy (non-hydrogen) atoms. The Labute approximate surface area is 66.6 Å². The van der Waals surface area contributed by atoms with E-state index in [2.05, 4.69) is 13.8 Å². The van der Waals surface area contributed by atoms with E-state index < -0.39 is 0 Å². The molecule has 0 aromatic carbocycles. The molecule has 0 saturated heterocycles. The maximum absolute atomic E-state index is 2.25. The summed E-state index contributed by atoms with van der Waals surface area (Å²) in [5, 5.41) is 0. The summed E-state index contributed by atoms with van der Waals surface area (Å²) in [6.45, 7) is 4.45. The SMILES string of the molecule is CCCCCSSCC. The average Bonchev–Trinajstić information content (AvgIpc) is 1.89. The fraction of sp³-hybridized carbons (Fsp3) is 1.00. The predicted molar refractivity (Wildman–Crippen MR) is 50.1 cm³/mol. The van der Waals surface area contributed by atoms with Crippen molar-refractivity contribution in [1.82, 2.24) is 0 Å². The Balaban J connectivity index is 2.60. The average molecular weight is 164 g/mol. The molecule has 0 aromatic rings. The minimum absolute atomic E-state index is 1.25. The van der Waals surface area contributed by atoms with Crippen LogP contribution < -0.4 is 0 Å². The minimum Gasteiger partial charge on any atom is -0.0944 e. The van der Waals surface area contributed by atoms with Gasteiger partial charge in [-0.2, -0.15) is 0 Å². The molecule has 2 heteroatoms. The van der Waals surface area contributed by atoms with E-state index in [4.69, 9.17) is 0 Å². The Morgan fingerprint density at radius 3 is 2.33 bits per heavy atom. The molecule has 0 atom stereocenters. The van der Waals surface area contributed by atoms with E-state index >= 15 is 0 Å². The maximum Gasteiger partial charge on any atom is 0.00369 e. The molecule has 0 aliphatic carbocycles. The van der Waals surface area contributed by atoms with Crippen LogP contribution in [0, 0.1) is 0 Å². The van der Waals surface area contributed by atoms with Crippen LogP contribution in [0.2, 0.25) is 0 Å². The quantitative estimate of drug-likeness (QED) is 0.435. The number of unbranched alkanes of at least 4 members (excludes halogenated alkanes) is 2. The van der Waals surface area contributed by atoms with Crippen molar-refractivity contribution in [3.8, 4) is 0 Å². The summed E-state index contributed by atoms with van der Waals surface area (Å²) in [5.74, 6) is 2.59.